The Morgan fingerprint density at radius 1 is 1.11 bits per heavy atom. The molecule has 3 nitrogen and oxygen atoms in total. The molecule has 0 N–H and O–H groups in total. The minimum atomic E-state index is -0.457. The van der Waals surface area contributed by atoms with Gasteiger partial charge in [-0.05, 0) is 17.0 Å². The fourth-order valence-corrected chi connectivity index (χ4v) is 2.93. The number of aromatic nitrogens is 2. The van der Waals surface area contributed by atoms with Crippen LogP contribution in [0, 0.1) is 0 Å². The molecule has 0 fully saturated rings. The Balaban J connectivity index is 1.92. The van der Waals surface area contributed by atoms with Gasteiger partial charge in [0.2, 0.25) is 5.89 Å². The number of nitrogens with zero attached hydrogens (tertiary/aromatic N) is 2. The van der Waals surface area contributed by atoms with Gasteiger partial charge >= 0.3 is 0 Å². The Bertz CT molecular complexity index is 681. The summed E-state index contributed by atoms with van der Waals surface area (Å²) < 4.78 is 5.60. The van der Waals surface area contributed by atoms with E-state index in [1.165, 1.54) is 11.3 Å². The number of rotatable bonds is 3. The predicted octanol–water partition coefficient (Wildman–Crippen LogP) is 4.78. The molecule has 1 unspecified atom stereocenters. The summed E-state index contributed by atoms with van der Waals surface area (Å²) in [4.78, 5) is 0.761. The van der Waals surface area contributed by atoms with Gasteiger partial charge in [0.05, 0.1) is 5.02 Å². The van der Waals surface area contributed by atoms with E-state index in [0.717, 1.165) is 10.4 Å². The standard InChI is InChI=1S/C13H8Cl2N2OS/c14-9-6-7-19-11(9)13-17-16-12(18-13)10(15)8-4-2-1-3-5-8/h1-7,10H. The number of benzene rings is 1. The van der Waals surface area contributed by atoms with Crippen molar-refractivity contribution in [2.24, 2.45) is 0 Å². The molecular formula is C13H8Cl2N2OS. The summed E-state index contributed by atoms with van der Waals surface area (Å²) in [6.07, 6.45) is 0. The van der Waals surface area contributed by atoms with Crippen molar-refractivity contribution >= 4 is 34.5 Å². The van der Waals surface area contributed by atoms with Gasteiger partial charge in [0.15, 0.2) is 0 Å². The molecule has 0 radical (unpaired) electrons. The lowest BCUT2D eigenvalue weighted by Crippen LogP contribution is -1.92. The van der Waals surface area contributed by atoms with Crippen LogP contribution in [0.2, 0.25) is 5.02 Å². The molecule has 2 aromatic heterocycles. The highest BCUT2D eigenvalue weighted by atomic mass is 35.5. The van der Waals surface area contributed by atoms with Crippen molar-refractivity contribution in [1.82, 2.24) is 10.2 Å². The molecule has 1 atom stereocenters. The topological polar surface area (TPSA) is 38.9 Å². The van der Waals surface area contributed by atoms with E-state index in [0.29, 0.717) is 16.8 Å². The first-order valence-electron chi connectivity index (χ1n) is 5.51. The number of hydrogen-bond donors (Lipinski definition) is 0. The monoisotopic (exact) mass is 310 g/mol. The fourth-order valence-electron chi connectivity index (χ4n) is 1.64. The Labute approximate surface area is 123 Å². The largest absolute Gasteiger partial charge is 0.418 e. The van der Waals surface area contributed by atoms with Crippen LogP contribution in [0.15, 0.2) is 46.2 Å². The van der Waals surface area contributed by atoms with Crippen molar-refractivity contribution < 1.29 is 4.42 Å². The lowest BCUT2D eigenvalue weighted by molar-refractivity contribution is 0.514. The zero-order valence-corrected chi connectivity index (χ0v) is 11.9. The van der Waals surface area contributed by atoms with E-state index in [1.54, 1.807) is 6.07 Å². The first kappa shape index (κ1) is 12.7. The van der Waals surface area contributed by atoms with Gasteiger partial charge in [-0.1, -0.05) is 41.9 Å². The zero-order chi connectivity index (χ0) is 13.2. The summed E-state index contributed by atoms with van der Waals surface area (Å²) in [5.41, 5.74) is 0.914. The second-order valence-corrected chi connectivity index (χ2v) is 5.58. The highest BCUT2D eigenvalue weighted by Crippen LogP contribution is 2.35. The average molecular weight is 311 g/mol. The molecule has 1 aromatic carbocycles. The number of halogens is 2. The van der Waals surface area contributed by atoms with Crippen LogP contribution in [0.3, 0.4) is 0 Å². The molecule has 6 heteroatoms. The Hall–Kier alpha value is -1.36. The van der Waals surface area contributed by atoms with Crippen molar-refractivity contribution in [1.29, 1.82) is 0 Å². The fraction of sp³-hybridized carbons (Fsp3) is 0.0769. The third-order valence-electron chi connectivity index (χ3n) is 2.56. The molecule has 3 aromatic rings. The minimum absolute atomic E-state index is 0.368. The quantitative estimate of drug-likeness (QED) is 0.653. The summed E-state index contributed by atoms with van der Waals surface area (Å²) in [6, 6.07) is 11.4. The molecular weight excluding hydrogens is 303 g/mol. The van der Waals surface area contributed by atoms with Crippen LogP contribution in [-0.4, -0.2) is 10.2 Å². The van der Waals surface area contributed by atoms with E-state index < -0.39 is 5.38 Å². The van der Waals surface area contributed by atoms with Crippen molar-refractivity contribution in [2.75, 3.05) is 0 Å². The first-order chi connectivity index (χ1) is 9.25. The first-order valence-corrected chi connectivity index (χ1v) is 7.21. The van der Waals surface area contributed by atoms with E-state index in [2.05, 4.69) is 10.2 Å². The Morgan fingerprint density at radius 3 is 2.58 bits per heavy atom. The van der Waals surface area contributed by atoms with Gasteiger partial charge in [0.1, 0.15) is 10.3 Å². The smallest absolute Gasteiger partial charge is 0.259 e. The van der Waals surface area contributed by atoms with E-state index in [4.69, 9.17) is 27.6 Å². The van der Waals surface area contributed by atoms with E-state index in [9.17, 15) is 0 Å². The second kappa shape index (κ2) is 5.33. The Kier molecular flexibility index (Phi) is 3.55. The summed E-state index contributed by atoms with van der Waals surface area (Å²) >= 11 is 13.8. The van der Waals surface area contributed by atoms with Crippen molar-refractivity contribution in [3.8, 4) is 10.8 Å². The molecule has 0 aliphatic heterocycles. The summed E-state index contributed by atoms with van der Waals surface area (Å²) in [6.45, 7) is 0. The number of alkyl halides is 1. The van der Waals surface area contributed by atoms with Gasteiger partial charge in [0, 0.05) is 0 Å². The maximum Gasteiger partial charge on any atom is 0.259 e. The molecule has 0 saturated heterocycles. The van der Waals surface area contributed by atoms with Gasteiger partial charge in [-0.25, -0.2) is 0 Å². The summed E-state index contributed by atoms with van der Waals surface area (Å²) in [5, 5.41) is 10.00. The van der Waals surface area contributed by atoms with Crippen molar-refractivity contribution in [2.45, 2.75) is 5.38 Å². The lowest BCUT2D eigenvalue weighted by atomic mass is 10.1. The average Bonchev–Trinajstić information content (AvgIpc) is 3.07. The van der Waals surface area contributed by atoms with E-state index >= 15 is 0 Å². The highest BCUT2D eigenvalue weighted by molar-refractivity contribution is 7.14. The van der Waals surface area contributed by atoms with Gasteiger partial charge in [0.25, 0.3) is 5.89 Å². The van der Waals surface area contributed by atoms with E-state index in [-0.39, 0.29) is 0 Å². The SMILES string of the molecule is Clc1ccsc1-c1nnc(C(Cl)c2ccccc2)o1. The normalized spacial score (nSPS) is 12.5. The number of thiophene rings is 1. The summed E-state index contributed by atoms with van der Waals surface area (Å²) in [7, 11) is 0. The highest BCUT2D eigenvalue weighted by Gasteiger charge is 2.20. The van der Waals surface area contributed by atoms with Crippen molar-refractivity contribution in [3.63, 3.8) is 0 Å². The number of hydrogen-bond acceptors (Lipinski definition) is 4. The van der Waals surface area contributed by atoms with Crippen LogP contribution >= 0.6 is 34.5 Å². The molecule has 0 saturated carbocycles. The van der Waals surface area contributed by atoms with Crippen LogP contribution in [0.4, 0.5) is 0 Å². The third kappa shape index (κ3) is 2.52. The van der Waals surface area contributed by atoms with Crippen LogP contribution in [0.25, 0.3) is 10.8 Å². The van der Waals surface area contributed by atoms with Crippen LogP contribution in [0.5, 0.6) is 0 Å². The molecule has 0 aliphatic rings. The van der Waals surface area contributed by atoms with E-state index in [1.807, 2.05) is 35.7 Å². The molecule has 0 aliphatic carbocycles. The van der Waals surface area contributed by atoms with Gasteiger partial charge < -0.3 is 4.42 Å². The van der Waals surface area contributed by atoms with Crippen LogP contribution in [0.1, 0.15) is 16.8 Å². The van der Waals surface area contributed by atoms with Crippen molar-refractivity contribution in [3.05, 3.63) is 58.3 Å². The Morgan fingerprint density at radius 2 is 1.89 bits per heavy atom. The van der Waals surface area contributed by atoms with Gasteiger partial charge in [-0.3, -0.25) is 0 Å². The van der Waals surface area contributed by atoms with Gasteiger partial charge in [-0.15, -0.1) is 33.1 Å². The third-order valence-corrected chi connectivity index (χ3v) is 4.33. The molecule has 0 spiro atoms. The minimum Gasteiger partial charge on any atom is -0.418 e. The van der Waals surface area contributed by atoms with Crippen LogP contribution < -0.4 is 0 Å². The molecule has 0 bridgehead atoms. The lowest BCUT2D eigenvalue weighted by Gasteiger charge is -2.03. The molecule has 3 rings (SSSR count). The molecule has 96 valence electrons. The molecule has 2 heterocycles. The van der Waals surface area contributed by atoms with Crippen LogP contribution in [-0.2, 0) is 0 Å². The second-order valence-electron chi connectivity index (χ2n) is 3.82. The molecule has 0 amide bonds. The van der Waals surface area contributed by atoms with Gasteiger partial charge in [-0.2, -0.15) is 0 Å². The predicted molar refractivity (Wildman–Crippen MR) is 76.8 cm³/mol. The maximum absolute atomic E-state index is 6.32. The zero-order valence-electron chi connectivity index (χ0n) is 9.59. The summed E-state index contributed by atoms with van der Waals surface area (Å²) in [5.74, 6) is 0.768. The molecule has 19 heavy (non-hydrogen) atoms. The maximum atomic E-state index is 6.32.